The molecule has 2 aromatic rings. The summed E-state index contributed by atoms with van der Waals surface area (Å²) in [4.78, 5) is 20.4. The lowest BCUT2D eigenvalue weighted by Gasteiger charge is -2.12. The first-order valence-corrected chi connectivity index (χ1v) is 9.34. The number of benzene rings is 1. The van der Waals surface area contributed by atoms with Crippen LogP contribution in [0.15, 0.2) is 36.7 Å². The van der Waals surface area contributed by atoms with Gasteiger partial charge in [0, 0.05) is 31.0 Å². The van der Waals surface area contributed by atoms with Crippen molar-refractivity contribution in [1.82, 2.24) is 15.3 Å². The molecule has 0 aliphatic rings. The lowest BCUT2D eigenvalue weighted by atomic mass is 10.2. The molecule has 0 fully saturated rings. The van der Waals surface area contributed by atoms with Gasteiger partial charge in [-0.15, -0.1) is 0 Å². The number of rotatable bonds is 12. The fraction of sp³-hybridized carbons (Fsp3) is 0.450. The van der Waals surface area contributed by atoms with Gasteiger partial charge in [-0.3, -0.25) is 4.79 Å². The molecule has 1 heterocycles. The Morgan fingerprint density at radius 2 is 1.89 bits per heavy atom. The van der Waals surface area contributed by atoms with Gasteiger partial charge in [0.2, 0.25) is 5.95 Å². The van der Waals surface area contributed by atoms with E-state index in [1.807, 2.05) is 0 Å². The second kappa shape index (κ2) is 11.7. The summed E-state index contributed by atoms with van der Waals surface area (Å²) in [5.74, 6) is 1.59. The number of carbonyl (C=O) groups excluding carboxylic acids is 1. The Morgan fingerprint density at radius 3 is 2.63 bits per heavy atom. The summed E-state index contributed by atoms with van der Waals surface area (Å²) in [5, 5.41) is 5.89. The summed E-state index contributed by atoms with van der Waals surface area (Å²) in [6.45, 7) is 3.81. The van der Waals surface area contributed by atoms with E-state index in [1.54, 1.807) is 43.8 Å². The Hall–Kier alpha value is -2.83. The molecule has 27 heavy (non-hydrogen) atoms. The van der Waals surface area contributed by atoms with E-state index >= 15 is 0 Å². The van der Waals surface area contributed by atoms with Crippen LogP contribution in [0, 0.1) is 0 Å². The highest BCUT2D eigenvalue weighted by Crippen LogP contribution is 2.28. The highest BCUT2D eigenvalue weighted by molar-refractivity contribution is 5.94. The Balaban J connectivity index is 1.79. The number of nitrogens with one attached hydrogen (secondary N) is 2. The predicted octanol–water partition coefficient (Wildman–Crippen LogP) is 3.29. The van der Waals surface area contributed by atoms with Gasteiger partial charge in [0.15, 0.2) is 11.5 Å². The third-order valence-electron chi connectivity index (χ3n) is 3.94. The zero-order valence-corrected chi connectivity index (χ0v) is 16.0. The van der Waals surface area contributed by atoms with Crippen molar-refractivity contribution >= 4 is 11.9 Å². The monoisotopic (exact) mass is 372 g/mol. The van der Waals surface area contributed by atoms with E-state index in [2.05, 4.69) is 27.5 Å². The zero-order chi connectivity index (χ0) is 19.3. The first-order chi connectivity index (χ1) is 13.2. The van der Waals surface area contributed by atoms with Gasteiger partial charge in [-0.05, 0) is 30.7 Å². The average Bonchev–Trinajstić information content (AvgIpc) is 2.71. The Morgan fingerprint density at radius 1 is 1.07 bits per heavy atom. The van der Waals surface area contributed by atoms with Crippen LogP contribution in [0.3, 0.4) is 0 Å². The second-order valence-electron chi connectivity index (χ2n) is 6.03. The van der Waals surface area contributed by atoms with Gasteiger partial charge in [0.05, 0.1) is 13.7 Å². The minimum Gasteiger partial charge on any atom is -0.493 e. The maximum Gasteiger partial charge on any atom is 0.251 e. The molecule has 2 rings (SSSR count). The van der Waals surface area contributed by atoms with Gasteiger partial charge in [-0.25, -0.2) is 9.97 Å². The van der Waals surface area contributed by atoms with Crippen LogP contribution in [0.1, 0.15) is 43.0 Å². The first kappa shape index (κ1) is 20.5. The molecule has 7 heteroatoms. The number of hydrogen-bond donors (Lipinski definition) is 2. The van der Waals surface area contributed by atoms with Crippen LogP contribution in [0.5, 0.6) is 11.5 Å². The molecule has 0 aliphatic carbocycles. The van der Waals surface area contributed by atoms with E-state index in [0.717, 1.165) is 12.8 Å². The molecular formula is C20H28N4O3. The maximum absolute atomic E-state index is 12.3. The second-order valence-corrected chi connectivity index (χ2v) is 6.03. The zero-order valence-electron chi connectivity index (χ0n) is 16.0. The van der Waals surface area contributed by atoms with Gasteiger partial charge < -0.3 is 20.1 Å². The van der Waals surface area contributed by atoms with Gasteiger partial charge in [0.25, 0.3) is 5.91 Å². The molecule has 0 unspecified atom stereocenters. The van der Waals surface area contributed by atoms with Crippen molar-refractivity contribution < 1.29 is 14.3 Å². The topological polar surface area (TPSA) is 85.4 Å². The number of carbonyl (C=O) groups is 1. The number of ether oxygens (including phenoxy) is 2. The van der Waals surface area contributed by atoms with Crippen LogP contribution in [0.4, 0.5) is 5.95 Å². The van der Waals surface area contributed by atoms with Crippen molar-refractivity contribution in [1.29, 1.82) is 0 Å². The van der Waals surface area contributed by atoms with E-state index in [-0.39, 0.29) is 5.91 Å². The van der Waals surface area contributed by atoms with Crippen LogP contribution in [0.2, 0.25) is 0 Å². The molecule has 0 bridgehead atoms. The number of nitrogens with zero attached hydrogens (tertiary/aromatic N) is 2. The Labute approximate surface area is 160 Å². The van der Waals surface area contributed by atoms with Gasteiger partial charge in [-0.2, -0.15) is 0 Å². The quantitative estimate of drug-likeness (QED) is 0.556. The third-order valence-corrected chi connectivity index (χ3v) is 3.94. The number of unbranched alkanes of at least 4 members (excludes halogenated alkanes) is 3. The van der Waals surface area contributed by atoms with Gasteiger partial charge in [0.1, 0.15) is 0 Å². The number of amides is 1. The van der Waals surface area contributed by atoms with Crippen molar-refractivity contribution in [3.8, 4) is 11.5 Å². The summed E-state index contributed by atoms with van der Waals surface area (Å²) in [7, 11) is 1.57. The Bertz CT molecular complexity index is 695. The van der Waals surface area contributed by atoms with E-state index in [1.165, 1.54) is 12.8 Å². The summed E-state index contributed by atoms with van der Waals surface area (Å²) in [6.07, 6.45) is 7.89. The maximum atomic E-state index is 12.3. The molecule has 2 N–H and O–H groups in total. The smallest absolute Gasteiger partial charge is 0.251 e. The SMILES string of the molecule is CCCCCCOc1ccc(C(=O)NCCNc2ncccn2)cc1OC. The van der Waals surface area contributed by atoms with Crippen LogP contribution < -0.4 is 20.1 Å². The Kier molecular flexibility index (Phi) is 8.89. The van der Waals surface area contributed by atoms with E-state index in [0.29, 0.717) is 42.7 Å². The number of anilines is 1. The van der Waals surface area contributed by atoms with Crippen molar-refractivity contribution in [2.75, 3.05) is 32.1 Å². The molecule has 1 aromatic carbocycles. The average molecular weight is 372 g/mol. The molecule has 1 aromatic heterocycles. The normalized spacial score (nSPS) is 10.3. The number of aromatic nitrogens is 2. The summed E-state index contributed by atoms with van der Waals surface area (Å²) < 4.78 is 11.1. The molecular weight excluding hydrogens is 344 g/mol. The standard InChI is InChI=1S/C20H28N4O3/c1-3-4-5-6-14-27-17-9-8-16(15-18(17)26-2)19(25)21-12-13-24-20-22-10-7-11-23-20/h7-11,15H,3-6,12-14H2,1-2H3,(H,21,25)(H,22,23,24). The number of hydrogen-bond acceptors (Lipinski definition) is 6. The highest BCUT2D eigenvalue weighted by atomic mass is 16.5. The number of methoxy groups -OCH3 is 1. The van der Waals surface area contributed by atoms with E-state index < -0.39 is 0 Å². The van der Waals surface area contributed by atoms with Gasteiger partial charge >= 0.3 is 0 Å². The first-order valence-electron chi connectivity index (χ1n) is 9.34. The molecule has 0 atom stereocenters. The molecule has 0 spiro atoms. The van der Waals surface area contributed by atoms with Crippen LogP contribution in [0.25, 0.3) is 0 Å². The summed E-state index contributed by atoms with van der Waals surface area (Å²) in [5.41, 5.74) is 0.529. The van der Waals surface area contributed by atoms with Gasteiger partial charge in [-0.1, -0.05) is 26.2 Å². The van der Waals surface area contributed by atoms with Crippen LogP contribution in [-0.2, 0) is 0 Å². The fourth-order valence-electron chi connectivity index (χ4n) is 2.48. The van der Waals surface area contributed by atoms with Crippen molar-refractivity contribution in [2.24, 2.45) is 0 Å². The van der Waals surface area contributed by atoms with Crippen LogP contribution in [-0.4, -0.2) is 42.7 Å². The van der Waals surface area contributed by atoms with E-state index in [4.69, 9.17) is 9.47 Å². The fourth-order valence-corrected chi connectivity index (χ4v) is 2.48. The van der Waals surface area contributed by atoms with Crippen molar-refractivity contribution in [3.63, 3.8) is 0 Å². The molecule has 0 saturated heterocycles. The van der Waals surface area contributed by atoms with Crippen molar-refractivity contribution in [3.05, 3.63) is 42.2 Å². The molecule has 0 saturated carbocycles. The largest absolute Gasteiger partial charge is 0.493 e. The highest BCUT2D eigenvalue weighted by Gasteiger charge is 2.11. The van der Waals surface area contributed by atoms with Crippen molar-refractivity contribution in [2.45, 2.75) is 32.6 Å². The van der Waals surface area contributed by atoms with E-state index in [9.17, 15) is 4.79 Å². The summed E-state index contributed by atoms with van der Waals surface area (Å²) >= 11 is 0. The minimum atomic E-state index is -0.168. The lowest BCUT2D eigenvalue weighted by molar-refractivity contribution is 0.0954. The lowest BCUT2D eigenvalue weighted by Crippen LogP contribution is -2.29. The minimum absolute atomic E-state index is 0.168. The third kappa shape index (κ3) is 7.13. The predicted molar refractivity (Wildman–Crippen MR) is 105 cm³/mol. The molecule has 1 amide bonds. The summed E-state index contributed by atoms with van der Waals surface area (Å²) in [6, 6.07) is 6.97. The molecule has 0 aliphatic heterocycles. The molecule has 146 valence electrons. The van der Waals surface area contributed by atoms with Crippen LogP contribution >= 0.6 is 0 Å². The molecule has 0 radical (unpaired) electrons. The molecule has 7 nitrogen and oxygen atoms in total.